The summed E-state index contributed by atoms with van der Waals surface area (Å²) in [5.74, 6) is 0. The smallest absolute Gasteiger partial charge is 0.0817 e. The van der Waals surface area contributed by atoms with Crippen LogP contribution in [0.3, 0.4) is 0 Å². The standard InChI is InChI=1S/C10H16BrClN2O/c1-8(11)3-4-10-9(12)7-13-14(10)5-6-15-2/h7-8H,3-6H2,1-2H3. The lowest BCUT2D eigenvalue weighted by atomic mass is 10.2. The second kappa shape index (κ2) is 6.51. The van der Waals surface area contributed by atoms with Crippen molar-refractivity contribution in [3.63, 3.8) is 0 Å². The molecule has 0 saturated heterocycles. The fourth-order valence-electron chi connectivity index (χ4n) is 1.34. The summed E-state index contributed by atoms with van der Waals surface area (Å²) >= 11 is 9.59. The summed E-state index contributed by atoms with van der Waals surface area (Å²) in [5, 5.41) is 4.97. The van der Waals surface area contributed by atoms with Crippen LogP contribution in [0.25, 0.3) is 0 Å². The first-order valence-electron chi connectivity index (χ1n) is 4.98. The topological polar surface area (TPSA) is 27.1 Å². The molecule has 0 saturated carbocycles. The molecule has 0 fully saturated rings. The van der Waals surface area contributed by atoms with Crippen LogP contribution in [0.5, 0.6) is 0 Å². The summed E-state index contributed by atoms with van der Waals surface area (Å²) in [6.45, 7) is 3.55. The van der Waals surface area contributed by atoms with Gasteiger partial charge in [-0.3, -0.25) is 4.68 Å². The van der Waals surface area contributed by atoms with Gasteiger partial charge in [0.1, 0.15) is 0 Å². The Morgan fingerprint density at radius 3 is 3.00 bits per heavy atom. The zero-order chi connectivity index (χ0) is 11.3. The van der Waals surface area contributed by atoms with Crippen LogP contribution >= 0.6 is 27.5 Å². The van der Waals surface area contributed by atoms with E-state index in [0.717, 1.165) is 30.1 Å². The van der Waals surface area contributed by atoms with Gasteiger partial charge < -0.3 is 4.74 Å². The maximum Gasteiger partial charge on any atom is 0.0817 e. The number of hydrogen-bond acceptors (Lipinski definition) is 2. The molecule has 1 unspecified atom stereocenters. The maximum absolute atomic E-state index is 6.07. The van der Waals surface area contributed by atoms with Crippen molar-refractivity contribution in [3.05, 3.63) is 16.9 Å². The molecule has 0 aliphatic rings. The summed E-state index contributed by atoms with van der Waals surface area (Å²) in [5.41, 5.74) is 1.10. The summed E-state index contributed by atoms with van der Waals surface area (Å²) in [4.78, 5) is 0.499. The van der Waals surface area contributed by atoms with Crippen LogP contribution in [0, 0.1) is 0 Å². The van der Waals surface area contributed by atoms with Gasteiger partial charge in [-0.1, -0.05) is 34.5 Å². The van der Waals surface area contributed by atoms with E-state index in [1.807, 2.05) is 4.68 Å². The molecule has 0 bridgehead atoms. The highest BCUT2D eigenvalue weighted by atomic mass is 79.9. The quantitative estimate of drug-likeness (QED) is 0.755. The summed E-state index contributed by atoms with van der Waals surface area (Å²) in [6.07, 6.45) is 3.69. The molecule has 1 atom stereocenters. The Balaban J connectivity index is 2.62. The largest absolute Gasteiger partial charge is 0.383 e. The molecular weight excluding hydrogens is 279 g/mol. The number of methoxy groups -OCH3 is 1. The fourth-order valence-corrected chi connectivity index (χ4v) is 1.81. The fraction of sp³-hybridized carbons (Fsp3) is 0.700. The first-order chi connectivity index (χ1) is 7.15. The predicted molar refractivity (Wildman–Crippen MR) is 65.8 cm³/mol. The monoisotopic (exact) mass is 294 g/mol. The first-order valence-corrected chi connectivity index (χ1v) is 6.27. The number of aromatic nitrogens is 2. The van der Waals surface area contributed by atoms with Gasteiger partial charge in [0.15, 0.2) is 0 Å². The van der Waals surface area contributed by atoms with Gasteiger partial charge in [0.2, 0.25) is 0 Å². The lowest BCUT2D eigenvalue weighted by Gasteiger charge is -2.08. The van der Waals surface area contributed by atoms with Crippen LogP contribution in [0.2, 0.25) is 5.02 Å². The van der Waals surface area contributed by atoms with Gasteiger partial charge >= 0.3 is 0 Å². The third-order valence-corrected chi connectivity index (χ3v) is 2.96. The summed E-state index contributed by atoms with van der Waals surface area (Å²) in [7, 11) is 1.69. The molecular formula is C10H16BrClN2O. The van der Waals surface area contributed by atoms with E-state index in [2.05, 4.69) is 28.0 Å². The van der Waals surface area contributed by atoms with Crippen molar-refractivity contribution in [2.75, 3.05) is 13.7 Å². The third-order valence-electron chi connectivity index (χ3n) is 2.18. The van der Waals surface area contributed by atoms with E-state index in [-0.39, 0.29) is 0 Å². The zero-order valence-corrected chi connectivity index (χ0v) is 11.4. The second-order valence-electron chi connectivity index (χ2n) is 3.47. The molecule has 1 aromatic heterocycles. The average Bonchev–Trinajstić information content (AvgIpc) is 2.53. The van der Waals surface area contributed by atoms with Crippen LogP contribution in [0.4, 0.5) is 0 Å². The number of halogens is 2. The SMILES string of the molecule is COCCn1ncc(Cl)c1CCC(C)Br. The van der Waals surface area contributed by atoms with Crippen molar-refractivity contribution in [1.82, 2.24) is 9.78 Å². The molecule has 0 radical (unpaired) electrons. The lowest BCUT2D eigenvalue weighted by Crippen LogP contribution is -2.10. The maximum atomic E-state index is 6.07. The Hall–Kier alpha value is -0.0600. The van der Waals surface area contributed by atoms with Gasteiger partial charge in [-0.05, 0) is 12.8 Å². The number of nitrogens with zero attached hydrogens (tertiary/aromatic N) is 2. The van der Waals surface area contributed by atoms with E-state index in [9.17, 15) is 0 Å². The van der Waals surface area contributed by atoms with E-state index in [1.54, 1.807) is 13.3 Å². The van der Waals surface area contributed by atoms with E-state index in [1.165, 1.54) is 0 Å². The minimum Gasteiger partial charge on any atom is -0.383 e. The highest BCUT2D eigenvalue weighted by molar-refractivity contribution is 9.09. The highest BCUT2D eigenvalue weighted by Gasteiger charge is 2.09. The first kappa shape index (κ1) is 13.0. The number of hydrogen-bond donors (Lipinski definition) is 0. The van der Waals surface area contributed by atoms with Gasteiger partial charge in [0.05, 0.1) is 30.1 Å². The molecule has 86 valence electrons. The van der Waals surface area contributed by atoms with Crippen LogP contribution < -0.4 is 0 Å². The van der Waals surface area contributed by atoms with Gasteiger partial charge in [-0.15, -0.1) is 0 Å². The minimum absolute atomic E-state index is 0.499. The van der Waals surface area contributed by atoms with Crippen LogP contribution in [0.1, 0.15) is 19.0 Å². The third kappa shape index (κ3) is 4.13. The normalized spacial score (nSPS) is 13.1. The molecule has 15 heavy (non-hydrogen) atoms. The minimum atomic E-state index is 0.499. The van der Waals surface area contributed by atoms with Crippen LogP contribution in [-0.2, 0) is 17.7 Å². The van der Waals surface area contributed by atoms with Crippen LogP contribution in [-0.4, -0.2) is 28.3 Å². The summed E-state index contributed by atoms with van der Waals surface area (Å²) < 4.78 is 6.94. The van der Waals surface area contributed by atoms with Crippen molar-refractivity contribution in [3.8, 4) is 0 Å². The van der Waals surface area contributed by atoms with E-state index < -0.39 is 0 Å². The highest BCUT2D eigenvalue weighted by Crippen LogP contribution is 2.19. The molecule has 0 aromatic carbocycles. The van der Waals surface area contributed by atoms with E-state index in [4.69, 9.17) is 16.3 Å². The number of rotatable bonds is 6. The molecule has 1 rings (SSSR count). The Morgan fingerprint density at radius 1 is 1.67 bits per heavy atom. The van der Waals surface area contributed by atoms with Crippen molar-refractivity contribution in [2.24, 2.45) is 0 Å². The van der Waals surface area contributed by atoms with E-state index >= 15 is 0 Å². The Labute approximate surface area is 104 Å². The van der Waals surface area contributed by atoms with Crippen LogP contribution in [0.15, 0.2) is 6.20 Å². The lowest BCUT2D eigenvalue weighted by molar-refractivity contribution is 0.182. The second-order valence-corrected chi connectivity index (χ2v) is 5.44. The van der Waals surface area contributed by atoms with Crippen molar-refractivity contribution >= 4 is 27.5 Å². The Morgan fingerprint density at radius 2 is 2.40 bits per heavy atom. The van der Waals surface area contributed by atoms with Crippen molar-refractivity contribution in [1.29, 1.82) is 0 Å². The molecule has 0 N–H and O–H groups in total. The number of alkyl halides is 1. The Kier molecular flexibility index (Phi) is 5.64. The molecule has 5 heteroatoms. The van der Waals surface area contributed by atoms with Crippen molar-refractivity contribution in [2.45, 2.75) is 31.1 Å². The molecule has 0 spiro atoms. The van der Waals surface area contributed by atoms with Gasteiger partial charge in [0, 0.05) is 11.9 Å². The summed E-state index contributed by atoms with van der Waals surface area (Å²) in [6, 6.07) is 0. The zero-order valence-electron chi connectivity index (χ0n) is 9.04. The molecule has 1 aromatic rings. The Bertz CT molecular complexity index is 302. The van der Waals surface area contributed by atoms with Gasteiger partial charge in [-0.25, -0.2) is 0 Å². The van der Waals surface area contributed by atoms with Gasteiger partial charge in [-0.2, -0.15) is 5.10 Å². The molecule has 1 heterocycles. The molecule has 3 nitrogen and oxygen atoms in total. The van der Waals surface area contributed by atoms with Crippen molar-refractivity contribution < 1.29 is 4.74 Å². The molecule has 0 amide bonds. The molecule has 0 aliphatic heterocycles. The predicted octanol–water partition coefficient (Wildman–Crippen LogP) is 2.90. The number of ether oxygens (including phenoxy) is 1. The average molecular weight is 296 g/mol. The molecule has 0 aliphatic carbocycles. The van der Waals surface area contributed by atoms with E-state index in [0.29, 0.717) is 11.4 Å². The van der Waals surface area contributed by atoms with Gasteiger partial charge in [0.25, 0.3) is 0 Å².